The van der Waals surface area contributed by atoms with E-state index in [2.05, 4.69) is 10.1 Å². The van der Waals surface area contributed by atoms with Gasteiger partial charge in [-0.05, 0) is 30.7 Å². The van der Waals surface area contributed by atoms with Crippen LogP contribution in [0.25, 0.3) is 5.69 Å². The Morgan fingerprint density at radius 3 is 2.54 bits per heavy atom. The SMILES string of the molecule is CC/C(=N\N1CCOCC1)c1c(O)n(-c2ccc(Cl)cc2)c(=O)[nH]c1=O. The number of hydrazone groups is 1. The summed E-state index contributed by atoms with van der Waals surface area (Å²) in [5.41, 5.74) is -0.648. The van der Waals surface area contributed by atoms with Gasteiger partial charge in [-0.2, -0.15) is 5.10 Å². The van der Waals surface area contributed by atoms with Gasteiger partial charge in [0.25, 0.3) is 5.56 Å². The van der Waals surface area contributed by atoms with E-state index < -0.39 is 17.1 Å². The van der Waals surface area contributed by atoms with Gasteiger partial charge in [-0.15, -0.1) is 0 Å². The van der Waals surface area contributed by atoms with Crippen molar-refractivity contribution in [1.82, 2.24) is 14.6 Å². The number of hydrogen-bond donors (Lipinski definition) is 2. The van der Waals surface area contributed by atoms with Crippen molar-refractivity contribution in [3.63, 3.8) is 0 Å². The summed E-state index contributed by atoms with van der Waals surface area (Å²) in [6, 6.07) is 6.35. The predicted octanol–water partition coefficient (Wildman–Crippen LogP) is 1.33. The molecule has 1 aliphatic heterocycles. The zero-order chi connectivity index (χ0) is 18.7. The molecule has 1 aliphatic rings. The maximum atomic E-state index is 12.4. The summed E-state index contributed by atoms with van der Waals surface area (Å²) in [7, 11) is 0. The Morgan fingerprint density at radius 1 is 1.27 bits per heavy atom. The maximum absolute atomic E-state index is 12.4. The first kappa shape index (κ1) is 18.2. The number of aromatic nitrogens is 2. The van der Waals surface area contributed by atoms with Gasteiger partial charge in [-0.25, -0.2) is 9.36 Å². The fraction of sp³-hybridized carbons (Fsp3) is 0.353. The van der Waals surface area contributed by atoms with E-state index in [1.165, 1.54) is 0 Å². The Kier molecular flexibility index (Phi) is 5.43. The van der Waals surface area contributed by atoms with Crippen molar-refractivity contribution < 1.29 is 9.84 Å². The first-order chi connectivity index (χ1) is 12.5. The number of nitrogens with one attached hydrogen (secondary N) is 1. The number of morpholine rings is 1. The second kappa shape index (κ2) is 7.76. The number of halogens is 1. The van der Waals surface area contributed by atoms with Crippen molar-refractivity contribution in [3.05, 3.63) is 55.7 Å². The van der Waals surface area contributed by atoms with Crippen molar-refractivity contribution in [2.24, 2.45) is 5.10 Å². The fourth-order valence-electron chi connectivity index (χ4n) is 2.74. The largest absolute Gasteiger partial charge is 0.493 e. The highest BCUT2D eigenvalue weighted by molar-refractivity contribution is 6.30. The molecule has 1 fully saturated rings. The highest BCUT2D eigenvalue weighted by Crippen LogP contribution is 2.20. The Morgan fingerprint density at radius 2 is 1.92 bits per heavy atom. The molecule has 26 heavy (non-hydrogen) atoms. The topological polar surface area (TPSA) is 99.9 Å². The molecule has 0 saturated carbocycles. The third-order valence-electron chi connectivity index (χ3n) is 4.04. The van der Waals surface area contributed by atoms with Crippen molar-refractivity contribution in [2.45, 2.75) is 13.3 Å². The van der Waals surface area contributed by atoms with E-state index in [9.17, 15) is 14.7 Å². The van der Waals surface area contributed by atoms with E-state index in [1.807, 2.05) is 6.92 Å². The molecule has 1 saturated heterocycles. The summed E-state index contributed by atoms with van der Waals surface area (Å²) >= 11 is 5.87. The molecule has 2 heterocycles. The van der Waals surface area contributed by atoms with Gasteiger partial charge in [0.15, 0.2) is 0 Å². The molecular weight excluding hydrogens is 360 g/mol. The van der Waals surface area contributed by atoms with Gasteiger partial charge in [-0.1, -0.05) is 18.5 Å². The summed E-state index contributed by atoms with van der Waals surface area (Å²) in [6.45, 7) is 4.12. The molecule has 0 bridgehead atoms. The van der Waals surface area contributed by atoms with Gasteiger partial charge in [0, 0.05) is 5.02 Å². The molecule has 0 amide bonds. The van der Waals surface area contributed by atoms with Crippen LogP contribution in [0.1, 0.15) is 18.9 Å². The minimum atomic E-state index is -0.736. The van der Waals surface area contributed by atoms with Crippen molar-refractivity contribution in [1.29, 1.82) is 0 Å². The number of ether oxygens (including phenoxy) is 1. The van der Waals surface area contributed by atoms with Crippen LogP contribution in [0, 0.1) is 0 Å². The van der Waals surface area contributed by atoms with Crippen LogP contribution in [0.4, 0.5) is 0 Å². The molecule has 2 N–H and O–H groups in total. The smallest absolute Gasteiger partial charge is 0.335 e. The summed E-state index contributed by atoms with van der Waals surface area (Å²) in [4.78, 5) is 26.9. The Labute approximate surface area is 154 Å². The number of rotatable bonds is 4. The highest BCUT2D eigenvalue weighted by atomic mass is 35.5. The molecular formula is C17H19ClN4O4. The lowest BCUT2D eigenvalue weighted by Gasteiger charge is -2.25. The van der Waals surface area contributed by atoms with Gasteiger partial charge >= 0.3 is 5.69 Å². The number of nitrogens with zero attached hydrogens (tertiary/aromatic N) is 3. The van der Waals surface area contributed by atoms with Crippen molar-refractivity contribution in [3.8, 4) is 11.6 Å². The quantitative estimate of drug-likeness (QED) is 0.782. The first-order valence-corrected chi connectivity index (χ1v) is 8.64. The Bertz CT molecular complexity index is 927. The summed E-state index contributed by atoms with van der Waals surface area (Å²) in [6.07, 6.45) is 0.410. The number of H-pyrrole nitrogens is 1. The number of benzene rings is 1. The molecule has 0 radical (unpaired) electrons. The molecule has 0 unspecified atom stereocenters. The van der Waals surface area contributed by atoms with Gasteiger partial charge in [0.05, 0.1) is 37.7 Å². The lowest BCUT2D eigenvalue weighted by molar-refractivity contribution is 0.0393. The first-order valence-electron chi connectivity index (χ1n) is 8.26. The van der Waals surface area contributed by atoms with Crippen molar-refractivity contribution in [2.75, 3.05) is 26.3 Å². The van der Waals surface area contributed by atoms with Gasteiger partial charge < -0.3 is 9.84 Å². The van der Waals surface area contributed by atoms with E-state index in [0.717, 1.165) is 4.57 Å². The van der Waals surface area contributed by atoms with E-state index in [-0.39, 0.29) is 5.56 Å². The molecule has 1 aromatic heterocycles. The summed E-state index contributed by atoms with van der Waals surface area (Å²) in [5.74, 6) is -0.449. The van der Waals surface area contributed by atoms with Gasteiger partial charge in [0.2, 0.25) is 5.88 Å². The van der Waals surface area contributed by atoms with Crippen LogP contribution in [-0.2, 0) is 4.74 Å². The molecule has 0 spiro atoms. The molecule has 138 valence electrons. The normalized spacial score (nSPS) is 15.3. The maximum Gasteiger partial charge on any atom is 0.335 e. The molecule has 8 nitrogen and oxygen atoms in total. The summed E-state index contributed by atoms with van der Waals surface area (Å²) in [5, 5.41) is 17.5. The molecule has 0 atom stereocenters. The second-order valence-electron chi connectivity index (χ2n) is 5.74. The molecule has 0 aliphatic carbocycles. The van der Waals surface area contributed by atoms with E-state index in [1.54, 1.807) is 29.3 Å². The van der Waals surface area contributed by atoms with Crippen LogP contribution in [0.5, 0.6) is 5.88 Å². The lowest BCUT2D eigenvalue weighted by Crippen LogP contribution is -2.36. The predicted molar refractivity (Wildman–Crippen MR) is 98.6 cm³/mol. The molecule has 1 aromatic carbocycles. The third-order valence-corrected chi connectivity index (χ3v) is 4.30. The van der Waals surface area contributed by atoms with E-state index in [4.69, 9.17) is 16.3 Å². The van der Waals surface area contributed by atoms with Gasteiger partial charge in [-0.3, -0.25) is 14.8 Å². The van der Waals surface area contributed by atoms with Crippen LogP contribution in [0.15, 0.2) is 39.0 Å². The minimum Gasteiger partial charge on any atom is -0.493 e. The standard InChI is InChI=1S/C17H19ClN4O4/c1-2-13(20-21-7-9-26-10-8-21)14-15(23)19-17(25)22(16(14)24)12-5-3-11(18)4-6-12/h3-6,24H,2,7-10H2,1H3,(H,19,23,25)/b20-13+. The molecule has 2 aromatic rings. The second-order valence-corrected chi connectivity index (χ2v) is 6.17. The average molecular weight is 379 g/mol. The van der Waals surface area contributed by atoms with E-state index >= 15 is 0 Å². The number of aromatic hydroxyl groups is 1. The summed E-state index contributed by atoms with van der Waals surface area (Å²) < 4.78 is 6.31. The van der Waals surface area contributed by atoms with Crippen LogP contribution in [0.3, 0.4) is 0 Å². The van der Waals surface area contributed by atoms with Crippen LogP contribution in [0.2, 0.25) is 5.02 Å². The highest BCUT2D eigenvalue weighted by Gasteiger charge is 2.21. The minimum absolute atomic E-state index is 0.0199. The van der Waals surface area contributed by atoms with Crippen molar-refractivity contribution >= 4 is 17.3 Å². The van der Waals surface area contributed by atoms with E-state index in [0.29, 0.717) is 49.1 Å². The number of aromatic amines is 1. The van der Waals surface area contributed by atoms with Gasteiger partial charge in [0.1, 0.15) is 5.56 Å². The zero-order valence-corrected chi connectivity index (χ0v) is 15.0. The lowest BCUT2D eigenvalue weighted by atomic mass is 10.1. The Hall–Kier alpha value is -2.58. The molecule has 9 heteroatoms. The Balaban J connectivity index is 2.13. The zero-order valence-electron chi connectivity index (χ0n) is 14.2. The van der Waals surface area contributed by atoms with Crippen LogP contribution >= 0.6 is 11.6 Å². The van der Waals surface area contributed by atoms with Crippen LogP contribution < -0.4 is 11.2 Å². The number of hydrogen-bond acceptors (Lipinski definition) is 6. The third kappa shape index (κ3) is 3.66. The monoisotopic (exact) mass is 378 g/mol. The average Bonchev–Trinajstić information content (AvgIpc) is 2.63. The molecule has 3 rings (SSSR count). The van der Waals surface area contributed by atoms with Crippen LogP contribution in [-0.4, -0.2) is 51.7 Å². The fourth-order valence-corrected chi connectivity index (χ4v) is 2.86.